The van der Waals surface area contributed by atoms with Gasteiger partial charge in [-0.25, -0.2) is 4.39 Å². The van der Waals surface area contributed by atoms with Crippen LogP contribution in [0, 0.1) is 19.7 Å². The van der Waals surface area contributed by atoms with Crippen LogP contribution in [0.4, 0.5) is 10.1 Å². The number of benzene rings is 1. The monoisotopic (exact) mass is 413 g/mol. The van der Waals surface area contributed by atoms with E-state index in [1.807, 2.05) is 0 Å². The molecule has 0 spiro atoms. The molecule has 0 radical (unpaired) electrons. The molecule has 30 heavy (non-hydrogen) atoms. The highest BCUT2D eigenvalue weighted by Gasteiger charge is 2.30. The maximum atomic E-state index is 14.0. The highest BCUT2D eigenvalue weighted by Crippen LogP contribution is 2.42. The van der Waals surface area contributed by atoms with Gasteiger partial charge in [0.2, 0.25) is 0 Å². The molecule has 1 aromatic heterocycles. The Balaban J connectivity index is 1.89. The summed E-state index contributed by atoms with van der Waals surface area (Å²) >= 11 is 0. The van der Waals surface area contributed by atoms with Gasteiger partial charge in [0.15, 0.2) is 0 Å². The van der Waals surface area contributed by atoms with E-state index >= 15 is 0 Å². The van der Waals surface area contributed by atoms with Crippen LogP contribution in [0.15, 0.2) is 18.2 Å². The van der Waals surface area contributed by atoms with Gasteiger partial charge in [-0.2, -0.15) is 0 Å². The zero-order chi connectivity index (χ0) is 22.4. The number of ketones is 1. The standard InChI is InChI=1S/C23H28FN3O3/c1-12-18(13(2)27(6)19(12)20(28)22(30)26-23(3,4)5)21(29)25-15-9-10-17(24)16(11-15)14-7-8-14/h9-11,14H,7-8H2,1-6H3,(H,25,29)(H,26,30). The van der Waals surface area contributed by atoms with Gasteiger partial charge in [0, 0.05) is 24.0 Å². The summed E-state index contributed by atoms with van der Waals surface area (Å²) in [5, 5.41) is 5.47. The number of nitrogens with one attached hydrogen (secondary N) is 2. The predicted molar refractivity (Wildman–Crippen MR) is 113 cm³/mol. The van der Waals surface area contributed by atoms with Gasteiger partial charge in [-0.15, -0.1) is 0 Å². The first kappa shape index (κ1) is 21.7. The Morgan fingerprint density at radius 2 is 1.77 bits per heavy atom. The van der Waals surface area contributed by atoms with Crippen LogP contribution in [0.1, 0.15) is 77.2 Å². The Kier molecular flexibility index (Phi) is 5.58. The summed E-state index contributed by atoms with van der Waals surface area (Å²) in [6.07, 6.45) is 1.90. The lowest BCUT2D eigenvalue weighted by Crippen LogP contribution is -2.44. The van der Waals surface area contributed by atoms with Crippen molar-refractivity contribution in [3.63, 3.8) is 0 Å². The van der Waals surface area contributed by atoms with Gasteiger partial charge in [0.05, 0.1) is 11.3 Å². The van der Waals surface area contributed by atoms with Crippen molar-refractivity contribution in [3.05, 3.63) is 52.1 Å². The lowest BCUT2D eigenvalue weighted by molar-refractivity contribution is -0.118. The van der Waals surface area contributed by atoms with Crippen LogP contribution in [-0.4, -0.2) is 27.7 Å². The molecule has 7 heteroatoms. The van der Waals surface area contributed by atoms with E-state index in [2.05, 4.69) is 10.6 Å². The maximum absolute atomic E-state index is 14.0. The van der Waals surface area contributed by atoms with E-state index in [4.69, 9.17) is 0 Å². The van der Waals surface area contributed by atoms with Gasteiger partial charge in [-0.1, -0.05) is 0 Å². The summed E-state index contributed by atoms with van der Waals surface area (Å²) in [4.78, 5) is 38.1. The van der Waals surface area contributed by atoms with Crippen molar-refractivity contribution >= 4 is 23.3 Å². The number of carbonyl (C=O) groups is 3. The van der Waals surface area contributed by atoms with Gasteiger partial charge in [-0.05, 0) is 82.7 Å². The topological polar surface area (TPSA) is 80.2 Å². The first-order valence-electron chi connectivity index (χ1n) is 10.0. The molecule has 1 aromatic carbocycles. The summed E-state index contributed by atoms with van der Waals surface area (Å²) in [5.41, 5.74) is 2.09. The molecule has 1 aliphatic rings. The van der Waals surface area contributed by atoms with E-state index in [0.717, 1.165) is 12.8 Å². The van der Waals surface area contributed by atoms with Crippen molar-refractivity contribution in [3.8, 4) is 0 Å². The van der Waals surface area contributed by atoms with E-state index in [1.54, 1.807) is 52.3 Å². The van der Waals surface area contributed by atoms with E-state index in [9.17, 15) is 18.8 Å². The van der Waals surface area contributed by atoms with Gasteiger partial charge >= 0.3 is 0 Å². The number of Topliss-reactive ketones (excluding diaryl/α,β-unsaturated/α-hetero) is 1. The predicted octanol–water partition coefficient (Wildman–Crippen LogP) is 4.01. The first-order valence-corrected chi connectivity index (χ1v) is 10.0. The first-order chi connectivity index (χ1) is 13.9. The number of nitrogens with zero attached hydrogens (tertiary/aromatic N) is 1. The third kappa shape index (κ3) is 4.30. The van der Waals surface area contributed by atoms with Crippen LogP contribution in [0.3, 0.4) is 0 Å². The zero-order valence-electron chi connectivity index (χ0n) is 18.3. The second-order valence-corrected chi connectivity index (χ2v) is 8.99. The van der Waals surface area contributed by atoms with E-state index in [-0.39, 0.29) is 17.4 Å². The number of aromatic nitrogens is 1. The molecule has 2 amide bonds. The molecule has 1 fully saturated rings. The molecule has 0 saturated heterocycles. The van der Waals surface area contributed by atoms with Crippen LogP contribution in [0.25, 0.3) is 0 Å². The second-order valence-electron chi connectivity index (χ2n) is 8.99. The Labute approximate surface area is 175 Å². The summed E-state index contributed by atoms with van der Waals surface area (Å²) in [7, 11) is 1.65. The van der Waals surface area contributed by atoms with Crippen molar-refractivity contribution in [2.45, 2.75) is 58.9 Å². The fourth-order valence-corrected chi connectivity index (χ4v) is 3.66. The molecule has 160 valence electrons. The summed E-state index contributed by atoms with van der Waals surface area (Å²) in [5.74, 6) is -1.85. The van der Waals surface area contributed by atoms with E-state index in [1.165, 1.54) is 12.1 Å². The molecule has 0 aliphatic heterocycles. The number of hydrogen-bond donors (Lipinski definition) is 2. The second kappa shape index (κ2) is 7.70. The van der Waals surface area contributed by atoms with Crippen molar-refractivity contribution in [1.29, 1.82) is 0 Å². The largest absolute Gasteiger partial charge is 0.345 e. The van der Waals surface area contributed by atoms with Gasteiger partial charge in [0.1, 0.15) is 5.82 Å². The van der Waals surface area contributed by atoms with Crippen LogP contribution < -0.4 is 10.6 Å². The molecular weight excluding hydrogens is 385 g/mol. The van der Waals surface area contributed by atoms with E-state index < -0.39 is 23.1 Å². The van der Waals surface area contributed by atoms with Crippen LogP contribution in [0.5, 0.6) is 0 Å². The summed E-state index contributed by atoms with van der Waals surface area (Å²) < 4.78 is 15.6. The van der Waals surface area contributed by atoms with Crippen LogP contribution >= 0.6 is 0 Å². The van der Waals surface area contributed by atoms with Gasteiger partial charge < -0.3 is 15.2 Å². The Morgan fingerprint density at radius 1 is 1.13 bits per heavy atom. The van der Waals surface area contributed by atoms with E-state index in [0.29, 0.717) is 28.1 Å². The molecule has 0 atom stereocenters. The van der Waals surface area contributed by atoms with Crippen molar-refractivity contribution in [2.75, 3.05) is 5.32 Å². The molecule has 1 heterocycles. The number of anilines is 1. The summed E-state index contributed by atoms with van der Waals surface area (Å²) in [6, 6.07) is 4.55. The zero-order valence-corrected chi connectivity index (χ0v) is 18.3. The Morgan fingerprint density at radius 3 is 2.33 bits per heavy atom. The molecule has 3 rings (SSSR count). The van der Waals surface area contributed by atoms with Crippen molar-refractivity contribution < 1.29 is 18.8 Å². The van der Waals surface area contributed by atoms with Crippen molar-refractivity contribution in [1.82, 2.24) is 9.88 Å². The minimum absolute atomic E-state index is 0.178. The molecule has 0 bridgehead atoms. The molecule has 1 saturated carbocycles. The van der Waals surface area contributed by atoms with Crippen molar-refractivity contribution in [2.24, 2.45) is 7.05 Å². The number of amides is 2. The fraction of sp³-hybridized carbons (Fsp3) is 0.435. The minimum Gasteiger partial charge on any atom is -0.345 e. The average Bonchev–Trinajstić information content (AvgIpc) is 3.43. The lowest BCUT2D eigenvalue weighted by Gasteiger charge is -2.20. The number of hydrogen-bond acceptors (Lipinski definition) is 3. The van der Waals surface area contributed by atoms with Crippen LogP contribution in [0.2, 0.25) is 0 Å². The molecule has 6 nitrogen and oxygen atoms in total. The highest BCUT2D eigenvalue weighted by molar-refractivity contribution is 6.43. The fourth-order valence-electron chi connectivity index (χ4n) is 3.66. The number of carbonyl (C=O) groups excluding carboxylic acids is 3. The SMILES string of the molecule is Cc1c(C(=O)Nc2ccc(F)c(C3CC3)c2)c(C)n(C)c1C(=O)C(=O)NC(C)(C)C. The third-order valence-corrected chi connectivity index (χ3v) is 5.34. The molecule has 2 aromatic rings. The van der Waals surface area contributed by atoms with Gasteiger partial charge in [-0.3, -0.25) is 14.4 Å². The molecule has 1 aliphatic carbocycles. The molecule has 2 N–H and O–H groups in total. The Bertz CT molecular complexity index is 1040. The Hall–Kier alpha value is -2.96. The number of rotatable bonds is 5. The highest BCUT2D eigenvalue weighted by atomic mass is 19.1. The smallest absolute Gasteiger partial charge is 0.294 e. The lowest BCUT2D eigenvalue weighted by atomic mass is 10.0. The molecular formula is C23H28FN3O3. The van der Waals surface area contributed by atoms with Crippen LogP contribution in [-0.2, 0) is 11.8 Å². The minimum atomic E-state index is -0.717. The quantitative estimate of drug-likeness (QED) is 0.574. The number of halogens is 1. The summed E-state index contributed by atoms with van der Waals surface area (Å²) in [6.45, 7) is 8.75. The normalized spacial score (nSPS) is 13.8. The average molecular weight is 413 g/mol. The molecule has 0 unspecified atom stereocenters. The van der Waals surface area contributed by atoms with Gasteiger partial charge in [0.25, 0.3) is 17.6 Å². The third-order valence-electron chi connectivity index (χ3n) is 5.34. The maximum Gasteiger partial charge on any atom is 0.294 e.